The molecule has 0 saturated heterocycles. The van der Waals surface area contributed by atoms with Crippen LogP contribution in [0.15, 0.2) is 53.2 Å². The average Bonchev–Trinajstić information content (AvgIpc) is 3.09. The molecule has 2 aromatic carbocycles. The van der Waals surface area contributed by atoms with Crippen LogP contribution in [-0.2, 0) is 9.53 Å². The number of non-ortho nitro benzene ring substituents is 1. The lowest BCUT2D eigenvalue weighted by Crippen LogP contribution is -2.05. The average molecular weight is 396 g/mol. The lowest BCUT2D eigenvalue weighted by atomic mass is 10.1. The molecule has 0 unspecified atom stereocenters. The van der Waals surface area contributed by atoms with Crippen molar-refractivity contribution in [2.45, 2.75) is 19.8 Å². The molecule has 0 spiro atoms. The number of nitrogens with zero attached hydrogens (tertiary/aromatic N) is 2. The molecular formula is C21H20N2O6. The summed E-state index contributed by atoms with van der Waals surface area (Å²) in [5, 5.41) is 10.9. The van der Waals surface area contributed by atoms with Gasteiger partial charge in [0.15, 0.2) is 17.2 Å². The number of ether oxygens (including phenoxy) is 3. The van der Waals surface area contributed by atoms with E-state index < -0.39 is 10.9 Å². The van der Waals surface area contributed by atoms with Crippen LogP contribution in [0.25, 0.3) is 6.08 Å². The first-order valence-corrected chi connectivity index (χ1v) is 9.10. The van der Waals surface area contributed by atoms with E-state index in [2.05, 4.69) is 11.9 Å². The number of carbonyl (C=O) groups excluding carboxylic acids is 1. The summed E-state index contributed by atoms with van der Waals surface area (Å²) in [4.78, 5) is 26.8. The monoisotopic (exact) mass is 396 g/mol. The number of cyclic esters (lactones) is 1. The highest BCUT2D eigenvalue weighted by molar-refractivity contribution is 6.13. The smallest absolute Gasteiger partial charge is 0.363 e. The van der Waals surface area contributed by atoms with Crippen molar-refractivity contribution in [2.24, 2.45) is 4.99 Å². The zero-order chi connectivity index (χ0) is 20.8. The number of hydrogen-bond donors (Lipinski definition) is 0. The predicted octanol–water partition coefficient (Wildman–Crippen LogP) is 4.13. The van der Waals surface area contributed by atoms with Crippen molar-refractivity contribution in [3.8, 4) is 11.5 Å². The number of esters is 1. The van der Waals surface area contributed by atoms with Crippen LogP contribution in [0.4, 0.5) is 5.69 Å². The molecule has 0 radical (unpaired) electrons. The van der Waals surface area contributed by atoms with Crippen LogP contribution in [0.5, 0.6) is 11.5 Å². The third-order valence-electron chi connectivity index (χ3n) is 4.17. The van der Waals surface area contributed by atoms with Gasteiger partial charge in [-0.3, -0.25) is 10.1 Å². The zero-order valence-electron chi connectivity index (χ0n) is 16.1. The normalized spacial score (nSPS) is 14.5. The Morgan fingerprint density at radius 1 is 1.21 bits per heavy atom. The lowest BCUT2D eigenvalue weighted by Gasteiger charge is -2.10. The van der Waals surface area contributed by atoms with Crippen LogP contribution in [0, 0.1) is 10.1 Å². The summed E-state index contributed by atoms with van der Waals surface area (Å²) in [6, 6.07) is 11.1. The highest BCUT2D eigenvalue weighted by Gasteiger charge is 2.25. The Morgan fingerprint density at radius 3 is 2.76 bits per heavy atom. The third-order valence-corrected chi connectivity index (χ3v) is 4.17. The van der Waals surface area contributed by atoms with Crippen molar-refractivity contribution in [3.63, 3.8) is 0 Å². The maximum absolute atomic E-state index is 12.2. The fourth-order valence-corrected chi connectivity index (χ4v) is 2.66. The Morgan fingerprint density at radius 2 is 2.03 bits per heavy atom. The number of methoxy groups -OCH3 is 1. The Kier molecular flexibility index (Phi) is 6.23. The summed E-state index contributed by atoms with van der Waals surface area (Å²) in [5.74, 6) is 0.563. The van der Waals surface area contributed by atoms with Crippen molar-refractivity contribution < 1.29 is 23.9 Å². The predicted molar refractivity (Wildman–Crippen MR) is 107 cm³/mol. The standard InChI is InChI=1S/C21H20N2O6/c1-3-4-10-28-18-9-8-14(12-19(18)27-2)11-17-21(24)29-20(22-17)15-6-5-7-16(13-15)23(25)26/h5-9,11-13H,3-4,10H2,1-2H3/b17-11-. The first-order valence-electron chi connectivity index (χ1n) is 9.10. The number of benzene rings is 2. The van der Waals surface area contributed by atoms with E-state index in [1.807, 2.05) is 0 Å². The summed E-state index contributed by atoms with van der Waals surface area (Å²) >= 11 is 0. The summed E-state index contributed by atoms with van der Waals surface area (Å²) in [6.45, 7) is 2.68. The van der Waals surface area contributed by atoms with Gasteiger partial charge in [0.1, 0.15) is 0 Å². The van der Waals surface area contributed by atoms with Gasteiger partial charge in [-0.25, -0.2) is 9.79 Å². The molecule has 8 heteroatoms. The minimum atomic E-state index is -0.631. The van der Waals surface area contributed by atoms with E-state index >= 15 is 0 Å². The van der Waals surface area contributed by atoms with Gasteiger partial charge in [-0.05, 0) is 36.3 Å². The first-order chi connectivity index (χ1) is 14.0. The molecule has 29 heavy (non-hydrogen) atoms. The molecule has 1 heterocycles. The summed E-state index contributed by atoms with van der Waals surface area (Å²) in [7, 11) is 1.54. The second kappa shape index (κ2) is 9.01. The van der Waals surface area contributed by atoms with Gasteiger partial charge in [-0.15, -0.1) is 0 Å². The van der Waals surface area contributed by atoms with Gasteiger partial charge >= 0.3 is 5.97 Å². The number of nitro groups is 1. The van der Waals surface area contributed by atoms with E-state index in [0.717, 1.165) is 12.8 Å². The van der Waals surface area contributed by atoms with Gasteiger partial charge in [0.2, 0.25) is 5.90 Å². The van der Waals surface area contributed by atoms with Crippen LogP contribution in [0.2, 0.25) is 0 Å². The molecule has 0 N–H and O–H groups in total. The highest BCUT2D eigenvalue weighted by atomic mass is 16.6. The molecule has 0 aliphatic carbocycles. The van der Waals surface area contributed by atoms with Crippen LogP contribution in [0.1, 0.15) is 30.9 Å². The van der Waals surface area contributed by atoms with Gasteiger partial charge in [-0.1, -0.05) is 25.5 Å². The van der Waals surface area contributed by atoms with Crippen LogP contribution >= 0.6 is 0 Å². The summed E-state index contributed by atoms with van der Waals surface area (Å²) in [6.07, 6.45) is 3.53. The van der Waals surface area contributed by atoms with Crippen LogP contribution in [-0.4, -0.2) is 30.5 Å². The Hall–Kier alpha value is -3.68. The highest BCUT2D eigenvalue weighted by Crippen LogP contribution is 2.30. The van der Waals surface area contributed by atoms with Crippen molar-refractivity contribution >= 4 is 23.6 Å². The lowest BCUT2D eigenvalue weighted by molar-refractivity contribution is -0.384. The summed E-state index contributed by atoms with van der Waals surface area (Å²) in [5.41, 5.74) is 1.02. The number of unbranched alkanes of at least 4 members (excludes halogenated alkanes) is 1. The number of aliphatic imine (C=N–C) groups is 1. The molecule has 0 aromatic heterocycles. The zero-order valence-corrected chi connectivity index (χ0v) is 16.1. The number of hydrogen-bond acceptors (Lipinski definition) is 7. The Balaban J connectivity index is 1.85. The molecule has 1 aliphatic heterocycles. The van der Waals surface area contributed by atoms with Gasteiger partial charge < -0.3 is 14.2 Å². The second-order valence-corrected chi connectivity index (χ2v) is 6.26. The third kappa shape index (κ3) is 4.78. The molecule has 0 fully saturated rings. The Labute approximate surface area is 167 Å². The molecule has 3 rings (SSSR count). The molecule has 2 aromatic rings. The first kappa shape index (κ1) is 20.1. The van der Waals surface area contributed by atoms with E-state index in [4.69, 9.17) is 14.2 Å². The molecule has 0 atom stereocenters. The maximum Gasteiger partial charge on any atom is 0.363 e. The van der Waals surface area contributed by atoms with Gasteiger partial charge in [0.05, 0.1) is 18.6 Å². The number of nitro benzene ring substituents is 1. The van der Waals surface area contributed by atoms with E-state index in [0.29, 0.717) is 29.2 Å². The van der Waals surface area contributed by atoms with E-state index in [-0.39, 0.29) is 17.3 Å². The molecule has 1 aliphatic rings. The van der Waals surface area contributed by atoms with Gasteiger partial charge in [0, 0.05) is 17.7 Å². The Bertz CT molecular complexity index is 996. The van der Waals surface area contributed by atoms with E-state index in [1.54, 1.807) is 37.5 Å². The maximum atomic E-state index is 12.2. The number of carbonyl (C=O) groups is 1. The molecular weight excluding hydrogens is 376 g/mol. The SMILES string of the molecule is CCCCOc1ccc(/C=C2\N=C(c3cccc([N+](=O)[O-])c3)OC2=O)cc1OC. The number of rotatable bonds is 8. The quantitative estimate of drug-likeness (QED) is 0.219. The minimum absolute atomic E-state index is 0.0245. The van der Waals surface area contributed by atoms with Crippen molar-refractivity contribution in [1.82, 2.24) is 0 Å². The van der Waals surface area contributed by atoms with Crippen LogP contribution < -0.4 is 9.47 Å². The minimum Gasteiger partial charge on any atom is -0.493 e. The molecule has 0 amide bonds. The second-order valence-electron chi connectivity index (χ2n) is 6.26. The summed E-state index contributed by atoms with van der Waals surface area (Å²) < 4.78 is 16.2. The molecule has 150 valence electrons. The fourth-order valence-electron chi connectivity index (χ4n) is 2.66. The largest absolute Gasteiger partial charge is 0.493 e. The van der Waals surface area contributed by atoms with E-state index in [9.17, 15) is 14.9 Å². The topological polar surface area (TPSA) is 100 Å². The van der Waals surface area contributed by atoms with Gasteiger partial charge in [-0.2, -0.15) is 0 Å². The van der Waals surface area contributed by atoms with Crippen molar-refractivity contribution in [2.75, 3.05) is 13.7 Å². The molecule has 0 saturated carbocycles. The molecule has 0 bridgehead atoms. The van der Waals surface area contributed by atoms with Crippen LogP contribution in [0.3, 0.4) is 0 Å². The molecule has 8 nitrogen and oxygen atoms in total. The van der Waals surface area contributed by atoms with Crippen molar-refractivity contribution in [3.05, 3.63) is 69.4 Å². The fraction of sp³-hybridized carbons (Fsp3) is 0.238. The van der Waals surface area contributed by atoms with Crippen molar-refractivity contribution in [1.29, 1.82) is 0 Å². The van der Waals surface area contributed by atoms with Gasteiger partial charge in [0.25, 0.3) is 5.69 Å². The van der Waals surface area contributed by atoms with E-state index in [1.165, 1.54) is 18.2 Å².